The summed E-state index contributed by atoms with van der Waals surface area (Å²) in [6, 6.07) is 0.792. The molecule has 0 spiro atoms. The molecule has 0 amide bonds. The maximum atomic E-state index is 5.94. The Morgan fingerprint density at radius 3 is 2.65 bits per heavy atom. The quantitative estimate of drug-likeness (QED) is 0.763. The molecule has 100 valence electrons. The zero-order valence-electron chi connectivity index (χ0n) is 11.6. The zero-order chi connectivity index (χ0) is 12.3. The number of hydrogen-bond acceptors (Lipinski definition) is 3. The highest BCUT2D eigenvalue weighted by molar-refractivity contribution is 4.91. The van der Waals surface area contributed by atoms with E-state index in [0.717, 1.165) is 12.6 Å². The van der Waals surface area contributed by atoms with Crippen LogP contribution in [-0.2, 0) is 0 Å². The van der Waals surface area contributed by atoms with Crippen LogP contribution in [0.4, 0.5) is 0 Å². The summed E-state index contributed by atoms with van der Waals surface area (Å²) in [5, 5.41) is 0. The standard InChI is InChI=1S/C14H29N3/c1-3-17-9-4-6-13(17)10-16(2)12-14(11-15)7-5-8-14/h13H,3-12,15H2,1-2H3. The molecule has 1 aliphatic carbocycles. The van der Waals surface area contributed by atoms with Gasteiger partial charge in [-0.3, -0.25) is 4.90 Å². The summed E-state index contributed by atoms with van der Waals surface area (Å²) < 4.78 is 0. The molecular weight excluding hydrogens is 210 g/mol. The van der Waals surface area contributed by atoms with Crippen LogP contribution >= 0.6 is 0 Å². The monoisotopic (exact) mass is 239 g/mol. The molecule has 17 heavy (non-hydrogen) atoms. The Morgan fingerprint density at radius 1 is 1.35 bits per heavy atom. The number of nitrogens with two attached hydrogens (primary N) is 1. The predicted octanol–water partition coefficient (Wildman–Crippen LogP) is 1.53. The molecule has 1 atom stereocenters. The second-order valence-electron chi connectivity index (χ2n) is 6.18. The smallest absolute Gasteiger partial charge is 0.0223 e. The summed E-state index contributed by atoms with van der Waals surface area (Å²) in [4.78, 5) is 5.16. The number of hydrogen-bond donors (Lipinski definition) is 1. The van der Waals surface area contributed by atoms with E-state index in [9.17, 15) is 0 Å². The van der Waals surface area contributed by atoms with Crippen LogP contribution < -0.4 is 5.73 Å². The number of likely N-dealkylation sites (N-methyl/N-ethyl adjacent to an activating group) is 2. The van der Waals surface area contributed by atoms with Crippen molar-refractivity contribution in [1.82, 2.24) is 9.80 Å². The van der Waals surface area contributed by atoms with E-state index in [1.54, 1.807) is 0 Å². The van der Waals surface area contributed by atoms with Crippen LogP contribution in [0, 0.1) is 5.41 Å². The molecule has 1 unspecified atom stereocenters. The first-order chi connectivity index (χ1) is 8.19. The van der Waals surface area contributed by atoms with Crippen molar-refractivity contribution in [3.63, 3.8) is 0 Å². The lowest BCUT2D eigenvalue weighted by atomic mass is 9.68. The van der Waals surface area contributed by atoms with Gasteiger partial charge in [-0.25, -0.2) is 0 Å². The van der Waals surface area contributed by atoms with Gasteiger partial charge in [0.15, 0.2) is 0 Å². The fourth-order valence-electron chi connectivity index (χ4n) is 3.62. The molecule has 1 aliphatic heterocycles. The van der Waals surface area contributed by atoms with E-state index in [1.807, 2.05) is 0 Å². The molecule has 0 radical (unpaired) electrons. The minimum absolute atomic E-state index is 0.463. The highest BCUT2D eigenvalue weighted by Crippen LogP contribution is 2.40. The molecule has 2 N–H and O–H groups in total. The van der Waals surface area contributed by atoms with Crippen LogP contribution in [0.5, 0.6) is 0 Å². The first-order valence-corrected chi connectivity index (χ1v) is 7.32. The Kier molecular flexibility index (Phi) is 4.45. The zero-order valence-corrected chi connectivity index (χ0v) is 11.6. The van der Waals surface area contributed by atoms with Crippen LogP contribution in [0.2, 0.25) is 0 Å². The van der Waals surface area contributed by atoms with Gasteiger partial charge in [0.1, 0.15) is 0 Å². The Morgan fingerprint density at radius 2 is 2.12 bits per heavy atom. The van der Waals surface area contributed by atoms with E-state index >= 15 is 0 Å². The predicted molar refractivity (Wildman–Crippen MR) is 73.1 cm³/mol. The molecule has 0 bridgehead atoms. The van der Waals surface area contributed by atoms with Gasteiger partial charge in [-0.15, -0.1) is 0 Å². The molecule has 2 rings (SSSR count). The van der Waals surface area contributed by atoms with Gasteiger partial charge in [0.25, 0.3) is 0 Å². The van der Waals surface area contributed by atoms with Crippen molar-refractivity contribution in [3.05, 3.63) is 0 Å². The summed E-state index contributed by atoms with van der Waals surface area (Å²) in [5.74, 6) is 0. The van der Waals surface area contributed by atoms with Crippen LogP contribution in [-0.4, -0.2) is 55.6 Å². The largest absolute Gasteiger partial charge is 0.330 e. The highest BCUT2D eigenvalue weighted by Gasteiger charge is 2.37. The topological polar surface area (TPSA) is 32.5 Å². The Bertz CT molecular complexity index is 232. The third-order valence-corrected chi connectivity index (χ3v) is 4.88. The van der Waals surface area contributed by atoms with Gasteiger partial charge >= 0.3 is 0 Å². The van der Waals surface area contributed by atoms with E-state index < -0.39 is 0 Å². The fourth-order valence-corrected chi connectivity index (χ4v) is 3.62. The van der Waals surface area contributed by atoms with Gasteiger partial charge in [0.2, 0.25) is 0 Å². The van der Waals surface area contributed by atoms with Crippen LogP contribution in [0.15, 0.2) is 0 Å². The molecule has 0 aromatic heterocycles. The summed E-state index contributed by atoms with van der Waals surface area (Å²) in [5.41, 5.74) is 6.40. The van der Waals surface area contributed by atoms with Crippen LogP contribution in [0.3, 0.4) is 0 Å². The lowest BCUT2D eigenvalue weighted by molar-refractivity contribution is 0.0746. The van der Waals surface area contributed by atoms with Crippen LogP contribution in [0.25, 0.3) is 0 Å². The maximum Gasteiger partial charge on any atom is 0.0223 e. The highest BCUT2D eigenvalue weighted by atomic mass is 15.2. The molecule has 3 nitrogen and oxygen atoms in total. The average Bonchev–Trinajstić information content (AvgIpc) is 2.70. The molecule has 2 fully saturated rings. The summed E-state index contributed by atoms with van der Waals surface area (Å²) >= 11 is 0. The fraction of sp³-hybridized carbons (Fsp3) is 1.00. The van der Waals surface area contributed by atoms with Crippen molar-refractivity contribution in [2.45, 2.75) is 45.1 Å². The molecule has 0 aromatic rings. The SMILES string of the molecule is CCN1CCCC1CN(C)CC1(CN)CCC1. The van der Waals surface area contributed by atoms with Gasteiger partial charge in [-0.1, -0.05) is 13.3 Å². The lowest BCUT2D eigenvalue weighted by Gasteiger charge is -2.44. The first-order valence-electron chi connectivity index (χ1n) is 7.32. The van der Waals surface area contributed by atoms with Crippen molar-refractivity contribution < 1.29 is 0 Å². The van der Waals surface area contributed by atoms with Crippen molar-refractivity contribution in [2.24, 2.45) is 11.1 Å². The molecule has 1 saturated heterocycles. The first kappa shape index (κ1) is 13.3. The molecule has 3 heteroatoms. The van der Waals surface area contributed by atoms with Crippen molar-refractivity contribution in [3.8, 4) is 0 Å². The molecule has 1 heterocycles. The van der Waals surface area contributed by atoms with E-state index in [-0.39, 0.29) is 0 Å². The third kappa shape index (κ3) is 3.01. The number of nitrogens with zero attached hydrogens (tertiary/aromatic N) is 2. The van der Waals surface area contributed by atoms with Crippen molar-refractivity contribution >= 4 is 0 Å². The summed E-state index contributed by atoms with van der Waals surface area (Å²) in [6.45, 7) is 8.11. The molecule has 1 saturated carbocycles. The summed E-state index contributed by atoms with van der Waals surface area (Å²) in [7, 11) is 2.28. The second kappa shape index (κ2) is 5.68. The molecule has 0 aromatic carbocycles. The van der Waals surface area contributed by atoms with Gasteiger partial charge in [-0.2, -0.15) is 0 Å². The van der Waals surface area contributed by atoms with E-state index in [2.05, 4.69) is 23.8 Å². The Balaban J connectivity index is 1.78. The van der Waals surface area contributed by atoms with E-state index in [0.29, 0.717) is 5.41 Å². The number of likely N-dealkylation sites (tertiary alicyclic amines) is 1. The second-order valence-corrected chi connectivity index (χ2v) is 6.18. The minimum Gasteiger partial charge on any atom is -0.330 e. The average molecular weight is 239 g/mol. The maximum absolute atomic E-state index is 5.94. The Hall–Kier alpha value is -0.120. The minimum atomic E-state index is 0.463. The Labute approximate surface area is 106 Å². The van der Waals surface area contributed by atoms with E-state index in [4.69, 9.17) is 5.73 Å². The molecule has 2 aliphatic rings. The van der Waals surface area contributed by atoms with Gasteiger partial charge < -0.3 is 10.6 Å². The third-order valence-electron chi connectivity index (χ3n) is 4.88. The van der Waals surface area contributed by atoms with Gasteiger partial charge in [-0.05, 0) is 57.8 Å². The van der Waals surface area contributed by atoms with Crippen molar-refractivity contribution in [1.29, 1.82) is 0 Å². The summed E-state index contributed by atoms with van der Waals surface area (Å²) in [6.07, 6.45) is 6.84. The van der Waals surface area contributed by atoms with Gasteiger partial charge in [0.05, 0.1) is 0 Å². The molecular formula is C14H29N3. The van der Waals surface area contributed by atoms with E-state index in [1.165, 1.54) is 58.3 Å². The van der Waals surface area contributed by atoms with Crippen molar-refractivity contribution in [2.75, 3.05) is 39.8 Å². The lowest BCUT2D eigenvalue weighted by Crippen LogP contribution is -2.48. The number of rotatable bonds is 6. The van der Waals surface area contributed by atoms with Gasteiger partial charge in [0, 0.05) is 19.1 Å². The normalized spacial score (nSPS) is 28.6. The van der Waals surface area contributed by atoms with Crippen LogP contribution in [0.1, 0.15) is 39.0 Å².